The minimum atomic E-state index is -6.27. The lowest BCUT2D eigenvalue weighted by molar-refractivity contribution is -0.348. The highest BCUT2D eigenvalue weighted by Crippen LogP contribution is 2.53. The molecule has 0 aliphatic heterocycles. The third-order valence-corrected chi connectivity index (χ3v) is 6.13. The first-order valence-corrected chi connectivity index (χ1v) is 11.0. The van der Waals surface area contributed by atoms with Gasteiger partial charge in [-0.3, -0.25) is 9.59 Å². The van der Waals surface area contributed by atoms with E-state index in [4.69, 9.17) is 17.0 Å². The minimum Gasteiger partial charge on any atom is -0.349 e. The minimum absolute atomic E-state index is 0.0350. The number of alkyl halides is 7. The van der Waals surface area contributed by atoms with E-state index in [2.05, 4.69) is 5.32 Å². The summed E-state index contributed by atoms with van der Waals surface area (Å²) in [6, 6.07) is 4.71. The number of carbonyl (C=O) groups is 2. The molecule has 0 bridgehead atoms. The zero-order valence-electron chi connectivity index (χ0n) is 18.9. The molecule has 1 aliphatic carbocycles. The number of rotatable bonds is 7. The van der Waals surface area contributed by atoms with Crippen molar-refractivity contribution in [3.05, 3.63) is 68.7 Å². The standard InChI is InChI=1S/C24H20ClF7N2O2/c1-11-7-14(22(26,23(27,28)29)24(30,31)32)8-12(2)20(11)18(33)10-19(35)13-3-6-17(25)16(9-13)21(36)34-15-4-5-15/h3,6-9,15,33H,4-5,10H2,1-2H3,(H,34,36). The third-order valence-electron chi connectivity index (χ3n) is 5.80. The molecule has 1 aliphatic rings. The number of halogens is 8. The van der Waals surface area contributed by atoms with E-state index >= 15 is 0 Å². The highest BCUT2D eigenvalue weighted by atomic mass is 35.5. The van der Waals surface area contributed by atoms with E-state index in [9.17, 15) is 40.3 Å². The molecule has 1 saturated carbocycles. The average Bonchev–Trinajstić information content (AvgIpc) is 3.54. The summed E-state index contributed by atoms with van der Waals surface area (Å²) < 4.78 is 93.3. The second kappa shape index (κ2) is 9.49. The zero-order valence-corrected chi connectivity index (χ0v) is 19.7. The van der Waals surface area contributed by atoms with Gasteiger partial charge in [0.2, 0.25) is 0 Å². The molecule has 0 heterocycles. The Bertz CT molecular complexity index is 1200. The van der Waals surface area contributed by atoms with Gasteiger partial charge in [0, 0.05) is 28.4 Å². The number of ketones is 1. The number of nitrogens with one attached hydrogen (secondary N) is 2. The van der Waals surface area contributed by atoms with Gasteiger partial charge in [-0.15, -0.1) is 0 Å². The lowest BCUT2D eigenvalue weighted by Gasteiger charge is -2.31. The van der Waals surface area contributed by atoms with Crippen LogP contribution >= 0.6 is 11.6 Å². The van der Waals surface area contributed by atoms with Crippen LogP contribution in [0.2, 0.25) is 5.02 Å². The van der Waals surface area contributed by atoms with Gasteiger partial charge in [0.05, 0.1) is 17.0 Å². The largest absolute Gasteiger partial charge is 0.435 e. The Morgan fingerprint density at radius 1 is 0.972 bits per heavy atom. The fraction of sp³-hybridized carbons (Fsp3) is 0.375. The van der Waals surface area contributed by atoms with Crippen LogP contribution in [0.5, 0.6) is 0 Å². The highest BCUT2D eigenvalue weighted by molar-refractivity contribution is 6.34. The Balaban J connectivity index is 1.89. The summed E-state index contributed by atoms with van der Waals surface area (Å²) in [5.74, 6) is -1.11. The Hall–Kier alpha value is -2.95. The van der Waals surface area contributed by atoms with E-state index in [1.807, 2.05) is 0 Å². The van der Waals surface area contributed by atoms with Crippen LogP contribution in [0.15, 0.2) is 30.3 Å². The maximum atomic E-state index is 14.5. The Morgan fingerprint density at radius 3 is 1.97 bits per heavy atom. The normalized spacial score (nSPS) is 14.5. The van der Waals surface area contributed by atoms with Gasteiger partial charge in [-0.2, -0.15) is 26.3 Å². The molecule has 12 heteroatoms. The van der Waals surface area contributed by atoms with E-state index in [-0.39, 0.29) is 38.9 Å². The van der Waals surface area contributed by atoms with Crippen LogP contribution < -0.4 is 5.32 Å². The molecular formula is C24H20ClF7N2O2. The summed E-state index contributed by atoms with van der Waals surface area (Å²) >= 11 is 6.05. The highest BCUT2D eigenvalue weighted by Gasteiger charge is 2.73. The number of carbonyl (C=O) groups excluding carboxylic acids is 2. The van der Waals surface area contributed by atoms with Crippen molar-refractivity contribution >= 4 is 29.0 Å². The van der Waals surface area contributed by atoms with Crippen molar-refractivity contribution in [1.82, 2.24) is 5.32 Å². The second-order valence-corrected chi connectivity index (χ2v) is 9.07. The second-order valence-electron chi connectivity index (χ2n) is 8.66. The van der Waals surface area contributed by atoms with Gasteiger partial charge in [0.15, 0.2) is 5.78 Å². The van der Waals surface area contributed by atoms with Gasteiger partial charge in [0.25, 0.3) is 5.91 Å². The van der Waals surface area contributed by atoms with Gasteiger partial charge in [-0.05, 0) is 56.0 Å². The molecule has 3 rings (SSSR count). The van der Waals surface area contributed by atoms with Crippen molar-refractivity contribution in [1.29, 1.82) is 5.41 Å². The van der Waals surface area contributed by atoms with Crippen LogP contribution in [-0.2, 0) is 5.67 Å². The number of hydrogen-bond donors (Lipinski definition) is 2. The van der Waals surface area contributed by atoms with E-state index < -0.39 is 47.4 Å². The van der Waals surface area contributed by atoms with Crippen LogP contribution in [0.25, 0.3) is 0 Å². The molecule has 36 heavy (non-hydrogen) atoms. The van der Waals surface area contributed by atoms with E-state index in [1.54, 1.807) is 0 Å². The molecule has 0 atom stereocenters. The lowest BCUT2D eigenvalue weighted by atomic mass is 9.86. The summed E-state index contributed by atoms with van der Waals surface area (Å²) in [4.78, 5) is 25.1. The molecule has 0 saturated heterocycles. The first kappa shape index (κ1) is 27.6. The molecule has 0 unspecified atom stereocenters. The van der Waals surface area contributed by atoms with Crippen molar-refractivity contribution < 1.29 is 40.3 Å². The van der Waals surface area contributed by atoms with Crippen LogP contribution in [0.1, 0.15) is 62.2 Å². The number of hydrogen-bond acceptors (Lipinski definition) is 3. The smallest absolute Gasteiger partial charge is 0.349 e. The summed E-state index contributed by atoms with van der Waals surface area (Å²) in [7, 11) is 0. The van der Waals surface area contributed by atoms with Gasteiger partial charge >= 0.3 is 18.0 Å². The quantitative estimate of drug-likeness (QED) is 0.233. The van der Waals surface area contributed by atoms with Crippen molar-refractivity contribution in [2.75, 3.05) is 0 Å². The molecule has 1 fully saturated rings. The number of Topliss-reactive ketones (excluding diaryl/α,β-unsaturated/α-hetero) is 1. The molecule has 0 radical (unpaired) electrons. The fourth-order valence-electron chi connectivity index (χ4n) is 3.84. The monoisotopic (exact) mass is 536 g/mol. The molecule has 194 valence electrons. The Labute approximate surface area is 206 Å². The zero-order chi connectivity index (χ0) is 27.2. The summed E-state index contributed by atoms with van der Waals surface area (Å²) in [5.41, 5.74) is -8.14. The van der Waals surface area contributed by atoms with Crippen LogP contribution in [0.3, 0.4) is 0 Å². The molecule has 2 N–H and O–H groups in total. The third kappa shape index (κ3) is 5.25. The van der Waals surface area contributed by atoms with Gasteiger partial charge in [-0.1, -0.05) is 23.7 Å². The fourth-order valence-corrected chi connectivity index (χ4v) is 4.04. The molecular weight excluding hydrogens is 517 g/mol. The predicted octanol–water partition coefficient (Wildman–Crippen LogP) is 6.78. The average molecular weight is 537 g/mol. The maximum Gasteiger partial charge on any atom is 0.435 e. The van der Waals surface area contributed by atoms with Crippen LogP contribution in [0.4, 0.5) is 30.7 Å². The molecule has 2 aromatic rings. The maximum absolute atomic E-state index is 14.5. The summed E-state index contributed by atoms with van der Waals surface area (Å²) in [6.07, 6.45) is -11.5. The Kier molecular flexibility index (Phi) is 7.29. The van der Waals surface area contributed by atoms with Crippen LogP contribution in [0, 0.1) is 19.3 Å². The SMILES string of the molecule is Cc1cc(C(F)(C(F)(F)F)C(F)(F)F)cc(C)c1C(=N)CC(=O)c1ccc(Cl)c(C(=O)NC2CC2)c1. The summed E-state index contributed by atoms with van der Waals surface area (Å²) in [6.45, 7) is 2.25. The number of amides is 1. The Morgan fingerprint density at radius 2 is 1.50 bits per heavy atom. The van der Waals surface area contributed by atoms with Crippen molar-refractivity contribution in [3.63, 3.8) is 0 Å². The van der Waals surface area contributed by atoms with Crippen molar-refractivity contribution in [2.45, 2.75) is 57.2 Å². The first-order valence-electron chi connectivity index (χ1n) is 10.6. The number of benzene rings is 2. The van der Waals surface area contributed by atoms with Gasteiger partial charge in [0.1, 0.15) is 0 Å². The molecule has 1 amide bonds. The molecule has 0 aromatic heterocycles. The first-order chi connectivity index (χ1) is 16.5. The van der Waals surface area contributed by atoms with Gasteiger partial charge < -0.3 is 10.7 Å². The molecule has 2 aromatic carbocycles. The van der Waals surface area contributed by atoms with Crippen molar-refractivity contribution in [2.24, 2.45) is 0 Å². The van der Waals surface area contributed by atoms with E-state index in [0.29, 0.717) is 12.1 Å². The molecule has 0 spiro atoms. The number of aryl methyl sites for hydroxylation is 2. The van der Waals surface area contributed by atoms with Gasteiger partial charge in [-0.25, -0.2) is 4.39 Å². The molecule has 4 nitrogen and oxygen atoms in total. The summed E-state index contributed by atoms with van der Waals surface area (Å²) in [5, 5.41) is 11.1. The van der Waals surface area contributed by atoms with Crippen LogP contribution in [-0.4, -0.2) is 35.8 Å². The van der Waals surface area contributed by atoms with Crippen molar-refractivity contribution in [3.8, 4) is 0 Å². The topological polar surface area (TPSA) is 70.0 Å². The predicted molar refractivity (Wildman–Crippen MR) is 119 cm³/mol. The van der Waals surface area contributed by atoms with E-state index in [0.717, 1.165) is 26.7 Å². The van der Waals surface area contributed by atoms with E-state index in [1.165, 1.54) is 18.2 Å². The lowest BCUT2D eigenvalue weighted by Crippen LogP contribution is -2.50.